The summed E-state index contributed by atoms with van der Waals surface area (Å²) < 4.78 is 24.6. The molecule has 0 aliphatic heterocycles. The first kappa shape index (κ1) is 8.93. The Balaban J connectivity index is 3.12. The molecule has 0 saturated heterocycles. The van der Waals surface area contributed by atoms with Crippen molar-refractivity contribution in [2.75, 3.05) is 5.43 Å². The lowest BCUT2D eigenvalue weighted by atomic mass is 10.1. The van der Waals surface area contributed by atoms with E-state index in [1.165, 1.54) is 12.1 Å². The van der Waals surface area contributed by atoms with Gasteiger partial charge in [-0.15, -0.1) is 0 Å². The number of nitrogen functional groups attached to an aromatic ring is 1. The molecule has 0 aliphatic carbocycles. The molecule has 0 aliphatic rings. The summed E-state index contributed by atoms with van der Waals surface area (Å²) in [5.74, 6) is 5.06. The van der Waals surface area contributed by atoms with Crippen LogP contribution in [0.5, 0.6) is 0 Å². The number of nitrogens with two attached hydrogens (primary N) is 1. The lowest BCUT2D eigenvalue weighted by molar-refractivity contribution is 0.152. The van der Waals surface area contributed by atoms with Crippen molar-refractivity contribution in [1.82, 2.24) is 0 Å². The fraction of sp³-hybridized carbons (Fsp3) is 0.250. The van der Waals surface area contributed by atoms with Gasteiger partial charge in [-0.1, -0.05) is 11.6 Å². The third-order valence-electron chi connectivity index (χ3n) is 1.60. The van der Waals surface area contributed by atoms with E-state index in [4.69, 9.17) is 5.84 Å². The lowest BCUT2D eigenvalue weighted by Crippen LogP contribution is -2.09. The number of anilines is 1. The molecule has 1 aromatic carbocycles. The fourth-order valence-corrected chi connectivity index (χ4v) is 0.994. The van der Waals surface area contributed by atoms with E-state index < -0.39 is 6.43 Å². The highest BCUT2D eigenvalue weighted by molar-refractivity contribution is 5.52. The van der Waals surface area contributed by atoms with E-state index in [1.54, 1.807) is 13.0 Å². The third kappa shape index (κ3) is 1.71. The molecular formula is C8H10F2N2. The molecule has 0 radical (unpaired) electrons. The monoisotopic (exact) mass is 172 g/mol. The highest BCUT2D eigenvalue weighted by Gasteiger charge is 2.11. The molecule has 0 unspecified atom stereocenters. The van der Waals surface area contributed by atoms with Gasteiger partial charge in [0, 0.05) is 5.56 Å². The zero-order valence-electron chi connectivity index (χ0n) is 6.64. The molecule has 1 aromatic rings. The standard InChI is InChI=1S/C8H10F2N2/c1-5-2-3-7(12-11)6(4-5)8(9)10/h2-4,8,12H,11H2,1H3. The minimum atomic E-state index is -2.49. The Morgan fingerprint density at radius 2 is 2.08 bits per heavy atom. The molecule has 2 nitrogen and oxygen atoms in total. The smallest absolute Gasteiger partial charge is 0.265 e. The van der Waals surface area contributed by atoms with E-state index in [9.17, 15) is 8.78 Å². The maximum atomic E-state index is 12.3. The number of benzene rings is 1. The first-order chi connectivity index (χ1) is 5.65. The Morgan fingerprint density at radius 1 is 1.42 bits per heavy atom. The van der Waals surface area contributed by atoms with E-state index in [1.807, 2.05) is 0 Å². The quantitative estimate of drug-likeness (QED) is 0.530. The van der Waals surface area contributed by atoms with Crippen LogP contribution in [0.1, 0.15) is 17.6 Å². The van der Waals surface area contributed by atoms with E-state index in [0.29, 0.717) is 0 Å². The predicted octanol–water partition coefficient (Wildman–Crippen LogP) is 2.22. The molecule has 0 saturated carbocycles. The van der Waals surface area contributed by atoms with Crippen LogP contribution in [-0.2, 0) is 0 Å². The Kier molecular flexibility index (Phi) is 2.60. The highest BCUT2D eigenvalue weighted by atomic mass is 19.3. The molecular weight excluding hydrogens is 162 g/mol. The third-order valence-corrected chi connectivity index (χ3v) is 1.60. The number of aryl methyl sites for hydroxylation is 1. The summed E-state index contributed by atoms with van der Waals surface area (Å²) in [6.45, 7) is 1.76. The first-order valence-corrected chi connectivity index (χ1v) is 3.50. The fourth-order valence-electron chi connectivity index (χ4n) is 0.994. The average Bonchev–Trinajstić information content (AvgIpc) is 2.04. The van der Waals surface area contributed by atoms with Gasteiger partial charge in [-0.05, 0) is 19.1 Å². The minimum Gasteiger partial charge on any atom is -0.324 e. The van der Waals surface area contributed by atoms with Crippen molar-refractivity contribution in [3.8, 4) is 0 Å². The molecule has 3 N–H and O–H groups in total. The average molecular weight is 172 g/mol. The summed E-state index contributed by atoms with van der Waals surface area (Å²) in [5.41, 5.74) is 3.24. The number of hydrogen-bond donors (Lipinski definition) is 2. The summed E-state index contributed by atoms with van der Waals surface area (Å²) in [4.78, 5) is 0. The van der Waals surface area contributed by atoms with Gasteiger partial charge in [-0.25, -0.2) is 8.78 Å². The molecule has 0 spiro atoms. The maximum Gasteiger partial charge on any atom is 0.265 e. The highest BCUT2D eigenvalue weighted by Crippen LogP contribution is 2.26. The Bertz CT molecular complexity index is 274. The van der Waals surface area contributed by atoms with Gasteiger partial charge < -0.3 is 5.43 Å². The van der Waals surface area contributed by atoms with Gasteiger partial charge in [0.05, 0.1) is 5.69 Å². The first-order valence-electron chi connectivity index (χ1n) is 3.50. The van der Waals surface area contributed by atoms with Crippen molar-refractivity contribution < 1.29 is 8.78 Å². The lowest BCUT2D eigenvalue weighted by Gasteiger charge is -2.08. The molecule has 0 heterocycles. The van der Waals surface area contributed by atoms with Crippen LogP contribution in [-0.4, -0.2) is 0 Å². The van der Waals surface area contributed by atoms with E-state index in [-0.39, 0.29) is 11.3 Å². The Morgan fingerprint density at radius 3 is 2.58 bits per heavy atom. The summed E-state index contributed by atoms with van der Waals surface area (Å²) in [6.07, 6.45) is -2.49. The Hall–Kier alpha value is -1.16. The van der Waals surface area contributed by atoms with Gasteiger partial charge in [0.15, 0.2) is 0 Å². The summed E-state index contributed by atoms with van der Waals surface area (Å²) >= 11 is 0. The molecule has 0 fully saturated rings. The van der Waals surface area contributed by atoms with E-state index in [2.05, 4.69) is 5.43 Å². The normalized spacial score (nSPS) is 10.4. The second kappa shape index (κ2) is 3.49. The summed E-state index contributed by atoms with van der Waals surface area (Å²) in [6, 6.07) is 4.68. The van der Waals surface area contributed by atoms with Gasteiger partial charge in [-0.3, -0.25) is 5.84 Å². The second-order valence-corrected chi connectivity index (χ2v) is 2.54. The van der Waals surface area contributed by atoms with Crippen molar-refractivity contribution >= 4 is 5.69 Å². The van der Waals surface area contributed by atoms with Gasteiger partial charge >= 0.3 is 0 Å². The molecule has 4 heteroatoms. The van der Waals surface area contributed by atoms with Crippen molar-refractivity contribution in [3.63, 3.8) is 0 Å². The van der Waals surface area contributed by atoms with Crippen molar-refractivity contribution in [2.45, 2.75) is 13.3 Å². The molecule has 1 rings (SSSR count). The van der Waals surface area contributed by atoms with Crippen molar-refractivity contribution in [3.05, 3.63) is 29.3 Å². The minimum absolute atomic E-state index is 0.0579. The number of nitrogens with one attached hydrogen (secondary N) is 1. The maximum absolute atomic E-state index is 12.3. The summed E-state index contributed by atoms with van der Waals surface area (Å²) in [7, 11) is 0. The van der Waals surface area contributed by atoms with Gasteiger partial charge in [0.1, 0.15) is 0 Å². The topological polar surface area (TPSA) is 38.0 Å². The van der Waals surface area contributed by atoms with Crippen LogP contribution in [0.4, 0.5) is 14.5 Å². The summed E-state index contributed by atoms with van der Waals surface area (Å²) in [5, 5.41) is 0. The molecule has 0 bridgehead atoms. The van der Waals surface area contributed by atoms with E-state index in [0.717, 1.165) is 5.56 Å². The predicted molar refractivity (Wildman–Crippen MR) is 43.9 cm³/mol. The van der Waals surface area contributed by atoms with E-state index >= 15 is 0 Å². The second-order valence-electron chi connectivity index (χ2n) is 2.54. The zero-order chi connectivity index (χ0) is 9.14. The molecule has 0 atom stereocenters. The van der Waals surface area contributed by atoms with Crippen LogP contribution >= 0.6 is 0 Å². The SMILES string of the molecule is Cc1ccc(NN)c(C(F)F)c1. The number of halogens is 2. The van der Waals surface area contributed by atoms with Gasteiger partial charge in [-0.2, -0.15) is 0 Å². The number of hydrogen-bond acceptors (Lipinski definition) is 2. The van der Waals surface area contributed by atoms with Crippen LogP contribution in [0, 0.1) is 6.92 Å². The molecule has 12 heavy (non-hydrogen) atoms. The largest absolute Gasteiger partial charge is 0.324 e. The van der Waals surface area contributed by atoms with Crippen LogP contribution in [0.25, 0.3) is 0 Å². The van der Waals surface area contributed by atoms with Gasteiger partial charge in [0.25, 0.3) is 6.43 Å². The molecule has 0 amide bonds. The van der Waals surface area contributed by atoms with Crippen LogP contribution in [0.2, 0.25) is 0 Å². The number of rotatable bonds is 2. The number of hydrazine groups is 1. The van der Waals surface area contributed by atoms with Crippen LogP contribution in [0.15, 0.2) is 18.2 Å². The molecule has 0 aromatic heterocycles. The van der Waals surface area contributed by atoms with Crippen LogP contribution < -0.4 is 11.3 Å². The molecule has 66 valence electrons. The van der Waals surface area contributed by atoms with Gasteiger partial charge in [0.2, 0.25) is 0 Å². The van der Waals surface area contributed by atoms with Crippen LogP contribution in [0.3, 0.4) is 0 Å². The van der Waals surface area contributed by atoms with Crippen molar-refractivity contribution in [1.29, 1.82) is 0 Å². The zero-order valence-corrected chi connectivity index (χ0v) is 6.64. The Labute approximate surface area is 69.4 Å². The van der Waals surface area contributed by atoms with Crippen molar-refractivity contribution in [2.24, 2.45) is 5.84 Å². The number of alkyl halides is 2.